The molecule has 162 valence electrons. The number of rotatable bonds is 2. The second-order valence-corrected chi connectivity index (χ2v) is 9.29. The fourth-order valence-electron chi connectivity index (χ4n) is 4.26. The number of hydrazone groups is 1. The third kappa shape index (κ3) is 3.56. The number of anilines is 1. The number of hydrogen-bond donors (Lipinski definition) is 0. The van der Waals surface area contributed by atoms with E-state index in [1.54, 1.807) is 4.57 Å². The zero-order valence-corrected chi connectivity index (χ0v) is 19.2. The van der Waals surface area contributed by atoms with Crippen LogP contribution in [0.15, 0.2) is 52.6 Å². The van der Waals surface area contributed by atoms with Crippen LogP contribution in [0.3, 0.4) is 0 Å². The Bertz CT molecular complexity index is 1270. The van der Waals surface area contributed by atoms with E-state index in [0.29, 0.717) is 21.7 Å². The number of aryl methyl sites for hydroxylation is 3. The van der Waals surface area contributed by atoms with E-state index in [-0.39, 0.29) is 11.8 Å². The van der Waals surface area contributed by atoms with Crippen molar-refractivity contribution in [3.05, 3.63) is 64.7 Å². The third-order valence-corrected chi connectivity index (χ3v) is 6.99. The number of hydrogen-bond acceptors (Lipinski definition) is 5. The molecule has 2 aromatic carbocycles. The maximum absolute atomic E-state index is 12.7. The number of nitrogens with zero attached hydrogens (tertiary/aromatic N) is 4. The molecule has 6 nitrogen and oxygen atoms in total. The van der Waals surface area contributed by atoms with Crippen molar-refractivity contribution in [1.82, 2.24) is 9.55 Å². The maximum atomic E-state index is 12.7. The van der Waals surface area contributed by atoms with Crippen LogP contribution in [0, 0.1) is 6.92 Å². The number of imidazole rings is 1. The van der Waals surface area contributed by atoms with Gasteiger partial charge in [0.2, 0.25) is 11.8 Å². The Morgan fingerprint density at radius 1 is 0.906 bits per heavy atom. The highest BCUT2D eigenvalue weighted by molar-refractivity contribution is 8.14. The van der Waals surface area contributed by atoms with Crippen molar-refractivity contribution < 1.29 is 9.59 Å². The Morgan fingerprint density at radius 3 is 2.28 bits per heavy atom. The first kappa shape index (κ1) is 20.7. The molecule has 3 aromatic rings. The lowest BCUT2D eigenvalue weighted by molar-refractivity contribution is -0.116. The number of benzene rings is 2. The van der Waals surface area contributed by atoms with E-state index in [1.165, 1.54) is 54.6 Å². The normalized spacial score (nSPS) is 15.1. The van der Waals surface area contributed by atoms with Gasteiger partial charge in [-0.1, -0.05) is 42.0 Å². The van der Waals surface area contributed by atoms with Crippen LogP contribution in [0.5, 0.6) is 0 Å². The quantitative estimate of drug-likeness (QED) is 0.544. The molecule has 1 aliphatic heterocycles. The number of amides is 1. The molecule has 32 heavy (non-hydrogen) atoms. The predicted molar refractivity (Wildman–Crippen MR) is 127 cm³/mol. The van der Waals surface area contributed by atoms with E-state index >= 15 is 0 Å². The summed E-state index contributed by atoms with van der Waals surface area (Å²) in [6.07, 6.45) is 4.58. The first-order chi connectivity index (χ1) is 15.4. The highest BCUT2D eigenvalue weighted by atomic mass is 32.2. The Balaban J connectivity index is 1.63. The molecule has 0 fully saturated rings. The molecule has 2 aliphatic rings. The summed E-state index contributed by atoms with van der Waals surface area (Å²) in [5.74, 6) is 0.515. The van der Waals surface area contributed by atoms with E-state index in [0.717, 1.165) is 29.5 Å². The van der Waals surface area contributed by atoms with Crippen LogP contribution in [0.25, 0.3) is 11.4 Å². The lowest BCUT2D eigenvalue weighted by Gasteiger charge is -2.23. The van der Waals surface area contributed by atoms with E-state index in [1.807, 2.05) is 31.2 Å². The lowest BCUT2D eigenvalue weighted by Crippen LogP contribution is -2.28. The number of fused-ring (bicyclic) bond motifs is 2. The maximum Gasteiger partial charge on any atom is 0.245 e. The number of carbonyl (C=O) groups excluding carboxylic acids is 2. The van der Waals surface area contributed by atoms with Gasteiger partial charge in [-0.2, -0.15) is 10.1 Å². The first-order valence-corrected chi connectivity index (χ1v) is 11.6. The summed E-state index contributed by atoms with van der Waals surface area (Å²) in [6, 6.07) is 14.3. The van der Waals surface area contributed by atoms with E-state index in [2.05, 4.69) is 23.3 Å². The Kier molecular flexibility index (Phi) is 5.21. The van der Waals surface area contributed by atoms with E-state index in [9.17, 15) is 9.59 Å². The van der Waals surface area contributed by atoms with Gasteiger partial charge in [0, 0.05) is 25.0 Å². The molecule has 5 rings (SSSR count). The minimum atomic E-state index is -0.245. The van der Waals surface area contributed by atoms with Gasteiger partial charge >= 0.3 is 0 Å². The van der Waals surface area contributed by atoms with Gasteiger partial charge in [0.15, 0.2) is 5.82 Å². The molecule has 0 N–H and O–H groups in total. The van der Waals surface area contributed by atoms with Crippen LogP contribution in [-0.4, -0.2) is 26.4 Å². The predicted octanol–water partition coefficient (Wildman–Crippen LogP) is 5.22. The van der Waals surface area contributed by atoms with Gasteiger partial charge in [-0.15, -0.1) is 0 Å². The van der Waals surface area contributed by atoms with Crippen LogP contribution < -0.4 is 5.01 Å². The molecule has 0 saturated heterocycles. The first-order valence-electron chi connectivity index (χ1n) is 10.8. The van der Waals surface area contributed by atoms with Gasteiger partial charge in [-0.05, 0) is 61.6 Å². The number of carbonyl (C=O) groups is 2. The lowest BCUT2D eigenvalue weighted by atomic mass is 9.90. The molecule has 0 bridgehead atoms. The summed E-state index contributed by atoms with van der Waals surface area (Å²) in [5.41, 5.74) is 5.64. The minimum Gasteiger partial charge on any atom is -0.274 e. The molecular formula is C25H24N4O2S. The summed E-state index contributed by atoms with van der Waals surface area (Å²) in [6.45, 7) is 4.99. The summed E-state index contributed by atoms with van der Waals surface area (Å²) in [5, 5.41) is 7.27. The topological polar surface area (TPSA) is 67.6 Å². The molecule has 7 heteroatoms. The molecule has 1 amide bonds. The molecule has 0 unspecified atom stereocenters. The van der Waals surface area contributed by atoms with Gasteiger partial charge in [-0.25, -0.2) is 4.98 Å². The fraction of sp³-hybridized carbons (Fsp3) is 0.280. The molecule has 2 heterocycles. The molecule has 0 radical (unpaired) electrons. The van der Waals surface area contributed by atoms with Crippen molar-refractivity contribution in [2.45, 2.75) is 51.5 Å². The van der Waals surface area contributed by atoms with Gasteiger partial charge in [0.25, 0.3) is 0 Å². The van der Waals surface area contributed by atoms with Crippen molar-refractivity contribution in [1.29, 1.82) is 0 Å². The summed E-state index contributed by atoms with van der Waals surface area (Å²) in [4.78, 5) is 29.9. The monoisotopic (exact) mass is 444 g/mol. The van der Waals surface area contributed by atoms with Gasteiger partial charge < -0.3 is 0 Å². The average Bonchev–Trinajstić information content (AvgIpc) is 3.18. The van der Waals surface area contributed by atoms with Crippen LogP contribution in [0.1, 0.15) is 53.7 Å². The van der Waals surface area contributed by atoms with E-state index < -0.39 is 0 Å². The number of thioether (sulfide) groups is 1. The SMILES string of the molecule is CC(=O)N1N=C(c2ccc3c(c2)CCCC3)Sc2c1nc(-c1ccc(C)cc1)n2C(C)=O. The van der Waals surface area contributed by atoms with Crippen molar-refractivity contribution in [3.63, 3.8) is 0 Å². The largest absolute Gasteiger partial charge is 0.274 e. The zero-order valence-electron chi connectivity index (χ0n) is 18.4. The Hall–Kier alpha value is -3.19. The third-order valence-electron chi connectivity index (χ3n) is 5.92. The van der Waals surface area contributed by atoms with Crippen molar-refractivity contribution in [2.75, 3.05) is 5.01 Å². The second kappa shape index (κ2) is 8.06. The summed E-state index contributed by atoms with van der Waals surface area (Å²) in [7, 11) is 0. The fourth-order valence-corrected chi connectivity index (χ4v) is 5.34. The average molecular weight is 445 g/mol. The van der Waals surface area contributed by atoms with Crippen LogP contribution in [-0.2, 0) is 17.6 Å². The zero-order chi connectivity index (χ0) is 22.4. The Labute approximate surface area is 191 Å². The summed E-state index contributed by atoms with van der Waals surface area (Å²) >= 11 is 1.39. The highest BCUT2D eigenvalue weighted by Crippen LogP contribution is 2.41. The van der Waals surface area contributed by atoms with Crippen molar-refractivity contribution >= 4 is 34.4 Å². The molecular weight excluding hydrogens is 420 g/mol. The molecule has 0 atom stereocenters. The number of aromatic nitrogens is 2. The van der Waals surface area contributed by atoms with Crippen LogP contribution in [0.2, 0.25) is 0 Å². The summed E-state index contributed by atoms with van der Waals surface area (Å²) < 4.78 is 1.59. The standard InChI is InChI=1S/C25H24N4O2S/c1-15-8-10-19(11-9-15)22-26-23-25(28(22)16(2)30)32-24(27-29(23)17(3)31)21-13-12-18-6-4-5-7-20(18)14-21/h8-14H,4-7H2,1-3H3. The Morgan fingerprint density at radius 2 is 1.59 bits per heavy atom. The molecule has 1 aliphatic carbocycles. The molecule has 0 saturated carbocycles. The van der Waals surface area contributed by atoms with Crippen LogP contribution in [0.4, 0.5) is 5.82 Å². The van der Waals surface area contributed by atoms with Gasteiger partial charge in [0.1, 0.15) is 15.9 Å². The van der Waals surface area contributed by atoms with Crippen molar-refractivity contribution in [2.24, 2.45) is 5.10 Å². The molecule has 0 spiro atoms. The smallest absolute Gasteiger partial charge is 0.245 e. The molecule has 1 aromatic heterocycles. The minimum absolute atomic E-state index is 0.156. The van der Waals surface area contributed by atoms with Gasteiger partial charge in [0.05, 0.1) is 0 Å². The van der Waals surface area contributed by atoms with Crippen molar-refractivity contribution in [3.8, 4) is 11.4 Å². The van der Waals surface area contributed by atoms with Gasteiger partial charge in [-0.3, -0.25) is 14.2 Å². The highest BCUT2D eigenvalue weighted by Gasteiger charge is 2.32. The van der Waals surface area contributed by atoms with Crippen LogP contribution >= 0.6 is 11.8 Å². The second-order valence-electron chi connectivity index (χ2n) is 8.31. The van der Waals surface area contributed by atoms with E-state index in [4.69, 9.17) is 4.98 Å².